The Balaban J connectivity index is 1.49. The van der Waals surface area contributed by atoms with Gasteiger partial charge in [0.25, 0.3) is 5.91 Å². The van der Waals surface area contributed by atoms with Gasteiger partial charge in [-0.25, -0.2) is 23.2 Å². The molecule has 154 valence electrons. The van der Waals surface area contributed by atoms with Gasteiger partial charge in [-0.2, -0.15) is 0 Å². The topological polar surface area (TPSA) is 98.1 Å². The summed E-state index contributed by atoms with van der Waals surface area (Å²) in [6, 6.07) is 0.757. The van der Waals surface area contributed by atoms with Crippen LogP contribution in [0.2, 0.25) is 0 Å². The minimum atomic E-state index is -1.11. The maximum atomic E-state index is 13.9. The molecule has 10 heteroatoms. The zero-order chi connectivity index (χ0) is 20.5. The van der Waals surface area contributed by atoms with Crippen LogP contribution in [0.15, 0.2) is 12.1 Å². The van der Waals surface area contributed by atoms with Crippen molar-refractivity contribution in [2.45, 2.75) is 51.1 Å². The number of hydrogen-bond acceptors (Lipinski definition) is 6. The Morgan fingerprint density at radius 3 is 3.03 bits per heavy atom. The van der Waals surface area contributed by atoms with Crippen LogP contribution in [-0.2, 0) is 11.2 Å². The quantitative estimate of drug-likeness (QED) is 0.599. The maximum absolute atomic E-state index is 13.9. The molecule has 1 amide bonds. The number of fused-ring (bicyclic) bond motifs is 2. The van der Waals surface area contributed by atoms with Crippen LogP contribution in [0.25, 0.3) is 0 Å². The molecule has 0 spiro atoms. The van der Waals surface area contributed by atoms with Gasteiger partial charge in [0, 0.05) is 25.1 Å². The Bertz CT molecular complexity index is 962. The van der Waals surface area contributed by atoms with E-state index in [4.69, 9.17) is 4.74 Å². The first-order chi connectivity index (χ1) is 14.0. The van der Waals surface area contributed by atoms with Crippen LogP contribution in [0.5, 0.6) is 5.75 Å². The van der Waals surface area contributed by atoms with Crippen LogP contribution in [0.4, 0.5) is 14.5 Å². The van der Waals surface area contributed by atoms with Crippen molar-refractivity contribution in [3.63, 3.8) is 0 Å². The van der Waals surface area contributed by atoms with Gasteiger partial charge in [-0.15, -0.1) is 5.10 Å². The van der Waals surface area contributed by atoms with Gasteiger partial charge in [0.05, 0.1) is 11.7 Å². The number of ether oxygens (including phenoxy) is 1. The van der Waals surface area contributed by atoms with E-state index in [-0.39, 0.29) is 24.1 Å². The average molecular weight is 405 g/mol. The SMILES string of the molecule is CCC[C@H]1CCCc2nc(C(=O)N[C@H]3CNc4cc(F)cc(F)c4OC3=O)nn21. The van der Waals surface area contributed by atoms with Gasteiger partial charge in [0.1, 0.15) is 17.7 Å². The van der Waals surface area contributed by atoms with Gasteiger partial charge in [0.2, 0.25) is 5.82 Å². The molecule has 0 fully saturated rings. The van der Waals surface area contributed by atoms with Crippen LogP contribution in [0.1, 0.15) is 55.1 Å². The van der Waals surface area contributed by atoms with Crippen LogP contribution in [0.3, 0.4) is 0 Å². The number of halogens is 2. The summed E-state index contributed by atoms with van der Waals surface area (Å²) in [5, 5.41) is 9.59. The molecule has 2 aliphatic rings. The first-order valence-electron chi connectivity index (χ1n) is 9.67. The van der Waals surface area contributed by atoms with Gasteiger partial charge in [-0.1, -0.05) is 13.3 Å². The molecule has 4 rings (SSSR count). The molecular weight excluding hydrogens is 384 g/mol. The van der Waals surface area contributed by atoms with Gasteiger partial charge >= 0.3 is 5.97 Å². The first-order valence-corrected chi connectivity index (χ1v) is 9.67. The Labute approximate surface area is 165 Å². The standard InChI is InChI=1S/C19H21F2N5O3/c1-2-4-11-5-3-6-15-24-17(25-26(11)15)18(27)23-14-9-22-13-8-10(20)7-12(21)16(13)29-19(14)28/h7-8,11,14,22H,2-6,9H2,1H3,(H,23,27)/t11-,14-/m0/s1. The molecule has 1 aromatic heterocycles. The maximum Gasteiger partial charge on any atom is 0.336 e. The number of carbonyl (C=O) groups is 2. The highest BCUT2D eigenvalue weighted by Gasteiger charge is 2.31. The molecule has 0 saturated heterocycles. The Morgan fingerprint density at radius 1 is 1.41 bits per heavy atom. The van der Waals surface area contributed by atoms with E-state index in [9.17, 15) is 18.4 Å². The van der Waals surface area contributed by atoms with E-state index in [0.29, 0.717) is 6.07 Å². The zero-order valence-electron chi connectivity index (χ0n) is 15.9. The van der Waals surface area contributed by atoms with Gasteiger partial charge in [-0.3, -0.25) is 4.79 Å². The van der Waals surface area contributed by atoms with Gasteiger partial charge < -0.3 is 15.4 Å². The molecule has 0 saturated carbocycles. The normalized spacial score (nSPS) is 20.7. The predicted octanol–water partition coefficient (Wildman–Crippen LogP) is 2.36. The van der Waals surface area contributed by atoms with Crippen molar-refractivity contribution < 1.29 is 23.1 Å². The highest BCUT2D eigenvalue weighted by Crippen LogP contribution is 2.31. The van der Waals surface area contributed by atoms with Crippen molar-refractivity contribution in [2.24, 2.45) is 0 Å². The lowest BCUT2D eigenvalue weighted by Crippen LogP contribution is -2.46. The molecular formula is C19H21F2N5O3. The highest BCUT2D eigenvalue weighted by atomic mass is 19.1. The Morgan fingerprint density at radius 2 is 2.24 bits per heavy atom. The fourth-order valence-corrected chi connectivity index (χ4v) is 3.73. The fourth-order valence-electron chi connectivity index (χ4n) is 3.73. The van der Waals surface area contributed by atoms with Crippen molar-refractivity contribution in [2.75, 3.05) is 11.9 Å². The third-order valence-electron chi connectivity index (χ3n) is 5.11. The summed E-state index contributed by atoms with van der Waals surface area (Å²) in [7, 11) is 0. The van der Waals surface area contributed by atoms with Crippen molar-refractivity contribution in [3.8, 4) is 5.75 Å². The summed E-state index contributed by atoms with van der Waals surface area (Å²) >= 11 is 0. The van der Waals surface area contributed by atoms with Crippen molar-refractivity contribution >= 4 is 17.6 Å². The predicted molar refractivity (Wildman–Crippen MR) is 98.6 cm³/mol. The Hall–Kier alpha value is -3.04. The molecule has 0 bridgehead atoms. The van der Waals surface area contributed by atoms with E-state index in [0.717, 1.165) is 44.0 Å². The number of anilines is 1. The third kappa shape index (κ3) is 3.79. The van der Waals surface area contributed by atoms with E-state index >= 15 is 0 Å². The molecule has 2 atom stereocenters. The average Bonchev–Trinajstić information content (AvgIpc) is 3.06. The summed E-state index contributed by atoms with van der Waals surface area (Å²) in [4.78, 5) is 29.3. The van der Waals surface area contributed by atoms with E-state index in [1.54, 1.807) is 4.68 Å². The number of hydrogen-bond donors (Lipinski definition) is 2. The Kier molecular flexibility index (Phi) is 5.16. The summed E-state index contributed by atoms with van der Waals surface area (Å²) in [5.74, 6) is -2.95. The fraction of sp³-hybridized carbons (Fsp3) is 0.474. The molecule has 2 aliphatic heterocycles. The number of amides is 1. The zero-order valence-corrected chi connectivity index (χ0v) is 15.9. The number of esters is 1. The summed E-state index contributed by atoms with van der Waals surface area (Å²) in [5.41, 5.74) is 0.00517. The van der Waals surface area contributed by atoms with Crippen molar-refractivity contribution in [1.82, 2.24) is 20.1 Å². The van der Waals surface area contributed by atoms with E-state index < -0.39 is 35.3 Å². The second-order valence-corrected chi connectivity index (χ2v) is 7.22. The second-order valence-electron chi connectivity index (χ2n) is 7.22. The number of carbonyl (C=O) groups excluding carboxylic acids is 2. The molecule has 3 heterocycles. The van der Waals surface area contributed by atoms with Gasteiger partial charge in [-0.05, 0) is 19.3 Å². The molecule has 0 unspecified atom stereocenters. The van der Waals surface area contributed by atoms with Crippen LogP contribution in [0, 0.1) is 11.6 Å². The lowest BCUT2D eigenvalue weighted by molar-refractivity contribution is -0.136. The summed E-state index contributed by atoms with van der Waals surface area (Å²) < 4.78 is 34.1. The largest absolute Gasteiger partial charge is 0.420 e. The number of aromatic nitrogens is 3. The second kappa shape index (κ2) is 7.76. The molecule has 0 radical (unpaired) electrons. The number of nitrogens with one attached hydrogen (secondary N) is 2. The molecule has 0 aliphatic carbocycles. The van der Waals surface area contributed by atoms with E-state index in [1.165, 1.54) is 0 Å². The summed E-state index contributed by atoms with van der Waals surface area (Å²) in [6.07, 6.45) is 4.68. The van der Waals surface area contributed by atoms with Crippen LogP contribution in [-0.4, -0.2) is 39.2 Å². The summed E-state index contributed by atoms with van der Waals surface area (Å²) in [6.45, 7) is 2.00. The number of aryl methyl sites for hydroxylation is 1. The first kappa shape index (κ1) is 19.3. The molecule has 8 nitrogen and oxygen atoms in total. The van der Waals surface area contributed by atoms with Gasteiger partial charge in [0.15, 0.2) is 11.6 Å². The number of nitrogens with zero attached hydrogens (tertiary/aromatic N) is 3. The monoisotopic (exact) mass is 405 g/mol. The molecule has 2 aromatic rings. The van der Waals surface area contributed by atoms with Crippen LogP contribution >= 0.6 is 0 Å². The van der Waals surface area contributed by atoms with Crippen molar-refractivity contribution in [3.05, 3.63) is 35.4 Å². The molecule has 2 N–H and O–H groups in total. The smallest absolute Gasteiger partial charge is 0.336 e. The molecule has 29 heavy (non-hydrogen) atoms. The lowest BCUT2D eigenvalue weighted by atomic mass is 10.0. The third-order valence-corrected chi connectivity index (χ3v) is 5.11. The van der Waals surface area contributed by atoms with E-state index in [2.05, 4.69) is 27.6 Å². The highest BCUT2D eigenvalue weighted by molar-refractivity contribution is 5.94. The van der Waals surface area contributed by atoms with Crippen LogP contribution < -0.4 is 15.4 Å². The minimum Gasteiger partial charge on any atom is -0.420 e. The minimum absolute atomic E-state index is 0.00517. The number of benzene rings is 1. The van der Waals surface area contributed by atoms with E-state index in [1.807, 2.05) is 0 Å². The lowest BCUT2D eigenvalue weighted by Gasteiger charge is -2.22. The van der Waals surface area contributed by atoms with Crippen molar-refractivity contribution in [1.29, 1.82) is 0 Å². The molecule has 1 aromatic carbocycles. The number of rotatable bonds is 4.